The highest BCUT2D eigenvalue weighted by atomic mass is 32.2. The van der Waals surface area contributed by atoms with Gasteiger partial charge in [0.2, 0.25) is 10.0 Å². The Kier molecular flexibility index (Phi) is 5.14. The first-order valence-electron chi connectivity index (χ1n) is 7.16. The molecule has 1 heterocycles. The van der Waals surface area contributed by atoms with Crippen molar-refractivity contribution in [2.45, 2.75) is 36.9 Å². The van der Waals surface area contributed by atoms with Crippen molar-refractivity contribution in [3.8, 4) is 0 Å². The lowest BCUT2D eigenvalue weighted by Crippen LogP contribution is -2.42. The number of benzene rings is 1. The lowest BCUT2D eigenvalue weighted by atomic mass is 10.2. The van der Waals surface area contributed by atoms with Gasteiger partial charge in [0, 0.05) is 19.1 Å². The average molecular weight is 336 g/mol. The zero-order valence-corrected chi connectivity index (χ0v) is 13.0. The van der Waals surface area contributed by atoms with Crippen LogP contribution in [-0.4, -0.2) is 38.4 Å². The fourth-order valence-electron chi connectivity index (χ4n) is 2.56. The van der Waals surface area contributed by atoms with Crippen molar-refractivity contribution < 1.29 is 21.6 Å². The quantitative estimate of drug-likeness (QED) is 0.899. The summed E-state index contributed by atoms with van der Waals surface area (Å²) in [5, 5.41) is 3.11. The molecule has 1 aromatic carbocycles. The lowest BCUT2D eigenvalue weighted by molar-refractivity contribution is -0.137. The summed E-state index contributed by atoms with van der Waals surface area (Å²) in [6.45, 7) is 3.54. The molecule has 0 radical (unpaired) electrons. The van der Waals surface area contributed by atoms with E-state index in [1.807, 2.05) is 6.92 Å². The minimum absolute atomic E-state index is 0.0964. The molecule has 0 amide bonds. The normalized spacial score (nSPS) is 19.8. The number of nitrogens with zero attached hydrogens (tertiary/aromatic N) is 1. The summed E-state index contributed by atoms with van der Waals surface area (Å²) in [7, 11) is -3.78. The molecule has 22 heavy (non-hydrogen) atoms. The summed E-state index contributed by atoms with van der Waals surface area (Å²) in [4.78, 5) is -0.0964. The zero-order valence-electron chi connectivity index (χ0n) is 12.2. The second-order valence-corrected chi connectivity index (χ2v) is 7.18. The Hall–Kier alpha value is -1.12. The van der Waals surface area contributed by atoms with Gasteiger partial charge in [0.1, 0.15) is 0 Å². The van der Waals surface area contributed by atoms with Crippen molar-refractivity contribution in [2.24, 2.45) is 0 Å². The monoisotopic (exact) mass is 336 g/mol. The van der Waals surface area contributed by atoms with E-state index in [9.17, 15) is 21.6 Å². The Morgan fingerprint density at radius 3 is 2.36 bits per heavy atom. The van der Waals surface area contributed by atoms with E-state index >= 15 is 0 Å². The minimum Gasteiger partial charge on any atom is -0.315 e. The van der Waals surface area contributed by atoms with Gasteiger partial charge < -0.3 is 5.32 Å². The van der Waals surface area contributed by atoms with Crippen LogP contribution in [0.1, 0.15) is 25.3 Å². The summed E-state index contributed by atoms with van der Waals surface area (Å²) in [5.74, 6) is 0. The van der Waals surface area contributed by atoms with Crippen LogP contribution in [0.4, 0.5) is 13.2 Å². The van der Waals surface area contributed by atoms with E-state index in [0.717, 1.165) is 30.8 Å². The molecule has 1 saturated heterocycles. The van der Waals surface area contributed by atoms with Crippen molar-refractivity contribution in [1.29, 1.82) is 0 Å². The second-order valence-electron chi connectivity index (χ2n) is 5.28. The Labute approximate surface area is 128 Å². The topological polar surface area (TPSA) is 49.4 Å². The van der Waals surface area contributed by atoms with E-state index in [4.69, 9.17) is 0 Å². The molecule has 1 aliphatic heterocycles. The maximum absolute atomic E-state index is 12.7. The summed E-state index contributed by atoms with van der Waals surface area (Å²) in [6, 6.07) is 3.53. The number of rotatable bonds is 5. The van der Waals surface area contributed by atoms with Crippen molar-refractivity contribution in [3.63, 3.8) is 0 Å². The number of alkyl halides is 3. The van der Waals surface area contributed by atoms with Gasteiger partial charge in [-0.15, -0.1) is 0 Å². The summed E-state index contributed by atoms with van der Waals surface area (Å²) >= 11 is 0. The first kappa shape index (κ1) is 17.2. The Bertz CT molecular complexity index is 594. The molecule has 0 bridgehead atoms. The van der Waals surface area contributed by atoms with Crippen LogP contribution in [0.3, 0.4) is 0 Å². The second kappa shape index (κ2) is 6.55. The minimum atomic E-state index is -4.47. The van der Waals surface area contributed by atoms with E-state index in [0.29, 0.717) is 25.9 Å². The number of hydrogen-bond acceptors (Lipinski definition) is 3. The predicted molar refractivity (Wildman–Crippen MR) is 76.9 cm³/mol. The SMILES string of the molecule is CCCN(C1CCNC1)S(=O)(=O)c1ccc(C(F)(F)F)cc1. The molecular weight excluding hydrogens is 317 g/mol. The third-order valence-corrected chi connectivity index (χ3v) is 5.64. The fraction of sp³-hybridized carbons (Fsp3) is 0.571. The van der Waals surface area contributed by atoms with Crippen molar-refractivity contribution >= 4 is 10.0 Å². The molecule has 4 nitrogen and oxygen atoms in total. The third-order valence-electron chi connectivity index (χ3n) is 3.67. The fourth-order valence-corrected chi connectivity index (χ4v) is 4.30. The van der Waals surface area contributed by atoms with E-state index in [1.165, 1.54) is 4.31 Å². The molecule has 124 valence electrons. The van der Waals surface area contributed by atoms with Crippen molar-refractivity contribution in [1.82, 2.24) is 9.62 Å². The molecule has 1 fully saturated rings. The first-order chi connectivity index (χ1) is 10.3. The van der Waals surface area contributed by atoms with Gasteiger partial charge in [0.15, 0.2) is 0 Å². The Morgan fingerprint density at radius 2 is 1.91 bits per heavy atom. The lowest BCUT2D eigenvalue weighted by Gasteiger charge is -2.27. The number of sulfonamides is 1. The Morgan fingerprint density at radius 1 is 1.27 bits per heavy atom. The molecule has 1 N–H and O–H groups in total. The van der Waals surface area contributed by atoms with E-state index in [-0.39, 0.29) is 10.9 Å². The van der Waals surface area contributed by atoms with Crippen LogP contribution in [0.15, 0.2) is 29.2 Å². The molecule has 0 saturated carbocycles. The van der Waals surface area contributed by atoms with E-state index in [1.54, 1.807) is 0 Å². The summed E-state index contributed by atoms with van der Waals surface area (Å²) < 4.78 is 64.5. The van der Waals surface area contributed by atoms with Crippen LogP contribution in [-0.2, 0) is 16.2 Å². The molecule has 0 spiro atoms. The van der Waals surface area contributed by atoms with Gasteiger partial charge in [0.05, 0.1) is 10.5 Å². The molecule has 1 atom stereocenters. The molecule has 1 unspecified atom stereocenters. The smallest absolute Gasteiger partial charge is 0.315 e. The highest BCUT2D eigenvalue weighted by Gasteiger charge is 2.34. The molecule has 1 aromatic rings. The predicted octanol–water partition coefficient (Wildman–Crippen LogP) is 2.47. The van der Waals surface area contributed by atoms with Gasteiger partial charge in [-0.1, -0.05) is 6.92 Å². The first-order valence-corrected chi connectivity index (χ1v) is 8.60. The molecule has 2 rings (SSSR count). The van der Waals surface area contributed by atoms with Crippen LogP contribution in [0.5, 0.6) is 0 Å². The highest BCUT2D eigenvalue weighted by Crippen LogP contribution is 2.30. The van der Waals surface area contributed by atoms with Gasteiger partial charge in [-0.3, -0.25) is 0 Å². The maximum atomic E-state index is 12.7. The van der Waals surface area contributed by atoms with Gasteiger partial charge in [-0.2, -0.15) is 17.5 Å². The van der Waals surface area contributed by atoms with Crippen LogP contribution < -0.4 is 5.32 Å². The number of halogens is 3. The Balaban J connectivity index is 2.30. The van der Waals surface area contributed by atoms with Crippen molar-refractivity contribution in [3.05, 3.63) is 29.8 Å². The average Bonchev–Trinajstić information content (AvgIpc) is 2.97. The number of hydrogen-bond donors (Lipinski definition) is 1. The summed E-state index contributed by atoms with van der Waals surface area (Å²) in [5.41, 5.74) is -0.851. The van der Waals surface area contributed by atoms with E-state index in [2.05, 4.69) is 5.32 Å². The molecule has 1 aliphatic rings. The maximum Gasteiger partial charge on any atom is 0.416 e. The van der Waals surface area contributed by atoms with Crippen LogP contribution in [0.25, 0.3) is 0 Å². The van der Waals surface area contributed by atoms with Gasteiger partial charge in [-0.25, -0.2) is 8.42 Å². The van der Waals surface area contributed by atoms with Crippen LogP contribution in [0, 0.1) is 0 Å². The van der Waals surface area contributed by atoms with Gasteiger partial charge in [-0.05, 0) is 43.7 Å². The zero-order chi connectivity index (χ0) is 16.4. The van der Waals surface area contributed by atoms with Gasteiger partial charge in [0.25, 0.3) is 0 Å². The van der Waals surface area contributed by atoms with E-state index < -0.39 is 21.8 Å². The molecular formula is C14H19F3N2O2S. The van der Waals surface area contributed by atoms with Crippen LogP contribution >= 0.6 is 0 Å². The third kappa shape index (κ3) is 3.61. The van der Waals surface area contributed by atoms with Gasteiger partial charge >= 0.3 is 6.18 Å². The molecule has 0 aromatic heterocycles. The summed E-state index contributed by atoms with van der Waals surface area (Å²) in [6.07, 6.45) is -3.11. The van der Waals surface area contributed by atoms with Crippen LogP contribution in [0.2, 0.25) is 0 Å². The molecule has 0 aliphatic carbocycles. The highest BCUT2D eigenvalue weighted by molar-refractivity contribution is 7.89. The molecule has 8 heteroatoms. The standard InChI is InChI=1S/C14H19F3N2O2S/c1-2-9-19(12-7-8-18-10-12)22(20,21)13-5-3-11(4-6-13)14(15,16)17/h3-6,12,18H,2,7-10H2,1H3. The number of nitrogens with one attached hydrogen (secondary N) is 1. The largest absolute Gasteiger partial charge is 0.416 e. The van der Waals surface area contributed by atoms with Crippen molar-refractivity contribution in [2.75, 3.05) is 19.6 Å².